The Labute approximate surface area is 162 Å². The summed E-state index contributed by atoms with van der Waals surface area (Å²) < 4.78 is 0. The first-order chi connectivity index (χ1) is 12.5. The van der Waals surface area contributed by atoms with Crippen LogP contribution >= 0.6 is 0 Å². The van der Waals surface area contributed by atoms with E-state index >= 15 is 0 Å². The third-order valence-electron chi connectivity index (χ3n) is 5.70. The Bertz CT molecular complexity index is 629. The fourth-order valence-electron chi connectivity index (χ4n) is 4.22. The summed E-state index contributed by atoms with van der Waals surface area (Å²) in [6.45, 7) is 11.2. The van der Waals surface area contributed by atoms with Gasteiger partial charge in [0.05, 0.1) is 0 Å². The number of hydrogen-bond acceptors (Lipinski definition) is 0. The SMILES string of the molecule is CCCCCCCCCC(c1ccc(C)cc1C)c1ccc(C)cc1C. The summed E-state index contributed by atoms with van der Waals surface area (Å²) in [6, 6.07) is 14.0. The van der Waals surface area contributed by atoms with Gasteiger partial charge in [0.1, 0.15) is 0 Å². The first kappa shape index (κ1) is 20.7. The fourth-order valence-corrected chi connectivity index (χ4v) is 4.22. The molecule has 0 aliphatic heterocycles. The highest BCUT2D eigenvalue weighted by atomic mass is 14.2. The minimum Gasteiger partial charge on any atom is -0.0654 e. The number of benzene rings is 2. The Morgan fingerprint density at radius 3 is 1.54 bits per heavy atom. The monoisotopic (exact) mass is 350 g/mol. The molecule has 0 spiro atoms. The highest BCUT2D eigenvalue weighted by molar-refractivity contribution is 5.43. The van der Waals surface area contributed by atoms with Crippen LogP contribution in [0.1, 0.15) is 97.6 Å². The van der Waals surface area contributed by atoms with Crippen LogP contribution in [0.25, 0.3) is 0 Å². The lowest BCUT2D eigenvalue weighted by Gasteiger charge is -2.23. The molecule has 0 aromatic heterocycles. The fraction of sp³-hybridized carbons (Fsp3) is 0.538. The van der Waals surface area contributed by atoms with E-state index in [9.17, 15) is 0 Å². The molecule has 0 fully saturated rings. The Kier molecular flexibility index (Phi) is 8.42. The molecule has 0 radical (unpaired) electrons. The molecule has 0 saturated carbocycles. The molecule has 0 heterocycles. The summed E-state index contributed by atoms with van der Waals surface area (Å²) in [7, 11) is 0. The van der Waals surface area contributed by atoms with Crippen molar-refractivity contribution in [2.75, 3.05) is 0 Å². The molecule has 142 valence electrons. The maximum absolute atomic E-state index is 2.37. The zero-order chi connectivity index (χ0) is 18.9. The van der Waals surface area contributed by atoms with Crippen LogP contribution in [0, 0.1) is 27.7 Å². The highest BCUT2D eigenvalue weighted by Crippen LogP contribution is 2.34. The molecule has 2 aromatic rings. The maximum Gasteiger partial charge on any atom is 0.00945 e. The van der Waals surface area contributed by atoms with Crippen LogP contribution in [0.4, 0.5) is 0 Å². The van der Waals surface area contributed by atoms with Gasteiger partial charge in [-0.25, -0.2) is 0 Å². The van der Waals surface area contributed by atoms with Crippen LogP contribution in [0.2, 0.25) is 0 Å². The Morgan fingerprint density at radius 2 is 1.08 bits per heavy atom. The zero-order valence-electron chi connectivity index (χ0n) is 17.7. The second kappa shape index (κ2) is 10.6. The van der Waals surface area contributed by atoms with E-state index in [0.29, 0.717) is 5.92 Å². The lowest BCUT2D eigenvalue weighted by Crippen LogP contribution is -2.06. The van der Waals surface area contributed by atoms with Gasteiger partial charge in [-0.15, -0.1) is 0 Å². The summed E-state index contributed by atoms with van der Waals surface area (Å²) in [5, 5.41) is 0. The molecule has 0 aliphatic rings. The summed E-state index contributed by atoms with van der Waals surface area (Å²) in [6.07, 6.45) is 10.9. The molecule has 2 aromatic carbocycles. The second-order valence-electron chi connectivity index (χ2n) is 8.18. The van der Waals surface area contributed by atoms with E-state index in [-0.39, 0.29) is 0 Å². The molecule has 0 atom stereocenters. The van der Waals surface area contributed by atoms with Gasteiger partial charge in [0.25, 0.3) is 0 Å². The van der Waals surface area contributed by atoms with Crippen molar-refractivity contribution in [2.45, 2.75) is 91.9 Å². The first-order valence-electron chi connectivity index (χ1n) is 10.7. The van der Waals surface area contributed by atoms with Gasteiger partial charge >= 0.3 is 0 Å². The lowest BCUT2D eigenvalue weighted by molar-refractivity contribution is 0.557. The van der Waals surface area contributed by atoms with Gasteiger partial charge < -0.3 is 0 Å². The van der Waals surface area contributed by atoms with Crippen LogP contribution in [-0.4, -0.2) is 0 Å². The van der Waals surface area contributed by atoms with Crippen molar-refractivity contribution in [3.05, 3.63) is 69.8 Å². The molecule has 0 unspecified atom stereocenters. The molecule has 0 nitrogen and oxygen atoms in total. The predicted molar refractivity (Wildman–Crippen MR) is 116 cm³/mol. The van der Waals surface area contributed by atoms with Crippen molar-refractivity contribution >= 4 is 0 Å². The quantitative estimate of drug-likeness (QED) is 0.379. The van der Waals surface area contributed by atoms with Crippen LogP contribution in [-0.2, 0) is 0 Å². The van der Waals surface area contributed by atoms with E-state index in [1.807, 2.05) is 0 Å². The van der Waals surface area contributed by atoms with Gasteiger partial charge in [-0.1, -0.05) is 99.4 Å². The second-order valence-corrected chi connectivity index (χ2v) is 8.18. The van der Waals surface area contributed by atoms with Gasteiger partial charge in [-0.05, 0) is 56.4 Å². The first-order valence-corrected chi connectivity index (χ1v) is 10.7. The summed E-state index contributed by atoms with van der Waals surface area (Å²) in [5.74, 6) is 0.534. The van der Waals surface area contributed by atoms with Gasteiger partial charge in [0.2, 0.25) is 0 Å². The van der Waals surface area contributed by atoms with E-state index in [1.165, 1.54) is 84.7 Å². The minimum atomic E-state index is 0.534. The number of hydrogen-bond donors (Lipinski definition) is 0. The van der Waals surface area contributed by atoms with E-state index in [1.54, 1.807) is 0 Å². The molecule has 0 N–H and O–H groups in total. The minimum absolute atomic E-state index is 0.534. The van der Waals surface area contributed by atoms with Crippen molar-refractivity contribution in [3.8, 4) is 0 Å². The molecule has 0 amide bonds. The average molecular weight is 351 g/mol. The van der Waals surface area contributed by atoms with E-state index in [4.69, 9.17) is 0 Å². The van der Waals surface area contributed by atoms with Crippen molar-refractivity contribution in [1.82, 2.24) is 0 Å². The maximum atomic E-state index is 2.37. The normalized spacial score (nSPS) is 11.3. The topological polar surface area (TPSA) is 0 Å². The summed E-state index contributed by atoms with van der Waals surface area (Å²) >= 11 is 0. The average Bonchev–Trinajstić information content (AvgIpc) is 2.59. The van der Waals surface area contributed by atoms with Crippen molar-refractivity contribution in [3.63, 3.8) is 0 Å². The van der Waals surface area contributed by atoms with Crippen molar-refractivity contribution in [1.29, 1.82) is 0 Å². The molecule has 26 heavy (non-hydrogen) atoms. The highest BCUT2D eigenvalue weighted by Gasteiger charge is 2.18. The zero-order valence-corrected chi connectivity index (χ0v) is 17.7. The molecule has 0 heteroatoms. The number of rotatable bonds is 10. The van der Waals surface area contributed by atoms with Crippen molar-refractivity contribution < 1.29 is 0 Å². The van der Waals surface area contributed by atoms with Gasteiger partial charge in [0, 0.05) is 5.92 Å². The van der Waals surface area contributed by atoms with Gasteiger partial charge in [-0.2, -0.15) is 0 Å². The molecule has 0 aliphatic carbocycles. The lowest BCUT2D eigenvalue weighted by atomic mass is 9.82. The Balaban J connectivity index is 2.12. The van der Waals surface area contributed by atoms with Crippen molar-refractivity contribution in [2.24, 2.45) is 0 Å². The molecule has 0 bridgehead atoms. The molecule has 0 saturated heterocycles. The smallest absolute Gasteiger partial charge is 0.00945 e. The van der Waals surface area contributed by atoms with Crippen LogP contribution in [0.15, 0.2) is 36.4 Å². The number of aryl methyl sites for hydroxylation is 4. The Morgan fingerprint density at radius 1 is 0.615 bits per heavy atom. The summed E-state index contributed by atoms with van der Waals surface area (Å²) in [4.78, 5) is 0. The molecular weight excluding hydrogens is 312 g/mol. The standard InChI is InChI=1S/C26H38/c1-6-7-8-9-10-11-12-13-26(24-16-14-20(2)18-22(24)4)25-17-15-21(3)19-23(25)5/h14-19,26H,6-13H2,1-5H3. The predicted octanol–water partition coefficient (Wildman–Crippen LogP) is 8.19. The Hall–Kier alpha value is -1.56. The van der Waals surface area contributed by atoms with Crippen LogP contribution in [0.5, 0.6) is 0 Å². The summed E-state index contributed by atoms with van der Waals surface area (Å²) in [5.41, 5.74) is 8.65. The van der Waals surface area contributed by atoms with Crippen LogP contribution in [0.3, 0.4) is 0 Å². The van der Waals surface area contributed by atoms with E-state index < -0.39 is 0 Å². The van der Waals surface area contributed by atoms with Gasteiger partial charge in [-0.3, -0.25) is 0 Å². The largest absolute Gasteiger partial charge is 0.0654 e. The van der Waals surface area contributed by atoms with Gasteiger partial charge in [0.15, 0.2) is 0 Å². The van der Waals surface area contributed by atoms with Crippen LogP contribution < -0.4 is 0 Å². The number of unbranched alkanes of at least 4 members (excludes halogenated alkanes) is 6. The third-order valence-corrected chi connectivity index (χ3v) is 5.70. The molecular formula is C26H38. The van der Waals surface area contributed by atoms with E-state index in [2.05, 4.69) is 71.0 Å². The molecule has 2 rings (SSSR count). The third kappa shape index (κ3) is 6.01. The van der Waals surface area contributed by atoms with E-state index in [0.717, 1.165) is 0 Å².